The minimum Gasteiger partial charge on any atom is -0.166 e. The molecule has 0 aromatic heterocycles. The SMILES string of the molecule is FC(F)(F)C(=Cc1cccc(C(F)(F)F)c1)C(F)(F)F. The van der Waals surface area contributed by atoms with E-state index in [9.17, 15) is 39.5 Å². The van der Waals surface area contributed by atoms with Gasteiger partial charge in [0, 0.05) is 0 Å². The molecule has 0 aliphatic heterocycles. The van der Waals surface area contributed by atoms with Crippen LogP contribution in [0, 0.1) is 0 Å². The summed E-state index contributed by atoms with van der Waals surface area (Å²) in [6, 6.07) is 2.18. The summed E-state index contributed by atoms with van der Waals surface area (Å²) in [5.41, 5.74) is -5.05. The lowest BCUT2D eigenvalue weighted by atomic mass is 10.1. The molecule has 0 aliphatic carbocycles. The molecule has 1 aromatic rings. The number of halogens is 9. The van der Waals surface area contributed by atoms with E-state index in [0.717, 1.165) is 6.07 Å². The molecule has 0 heterocycles. The Morgan fingerprint density at radius 2 is 1.30 bits per heavy atom. The topological polar surface area (TPSA) is 0 Å². The van der Waals surface area contributed by atoms with Crippen LogP contribution in [0.4, 0.5) is 39.5 Å². The van der Waals surface area contributed by atoms with Crippen molar-refractivity contribution in [2.75, 3.05) is 0 Å². The van der Waals surface area contributed by atoms with Crippen LogP contribution in [0.3, 0.4) is 0 Å². The van der Waals surface area contributed by atoms with Crippen LogP contribution < -0.4 is 0 Å². The van der Waals surface area contributed by atoms with Crippen LogP contribution in [0.5, 0.6) is 0 Å². The average Bonchev–Trinajstić information content (AvgIpc) is 2.22. The van der Waals surface area contributed by atoms with Crippen LogP contribution in [0.2, 0.25) is 0 Å². The fourth-order valence-electron chi connectivity index (χ4n) is 1.30. The predicted molar refractivity (Wildman–Crippen MR) is 51.5 cm³/mol. The minimum atomic E-state index is -5.72. The molecule has 0 saturated carbocycles. The molecule has 9 heteroatoms. The van der Waals surface area contributed by atoms with Gasteiger partial charge in [-0.1, -0.05) is 12.1 Å². The fraction of sp³-hybridized carbons (Fsp3) is 0.273. The predicted octanol–water partition coefficient (Wildman–Crippen LogP) is 5.21. The van der Waals surface area contributed by atoms with Crippen LogP contribution in [-0.2, 0) is 6.18 Å². The maximum Gasteiger partial charge on any atom is 0.421 e. The van der Waals surface area contributed by atoms with Gasteiger partial charge in [-0.15, -0.1) is 0 Å². The zero-order chi connectivity index (χ0) is 15.8. The monoisotopic (exact) mass is 308 g/mol. The Balaban J connectivity index is 3.33. The van der Waals surface area contributed by atoms with Gasteiger partial charge in [0.05, 0.1) is 5.56 Å². The molecule has 0 N–H and O–H groups in total. The van der Waals surface area contributed by atoms with E-state index in [4.69, 9.17) is 0 Å². The molecular weight excluding hydrogens is 303 g/mol. The van der Waals surface area contributed by atoms with Gasteiger partial charge in [0.1, 0.15) is 5.57 Å². The van der Waals surface area contributed by atoms with Crippen molar-refractivity contribution in [1.82, 2.24) is 0 Å². The largest absolute Gasteiger partial charge is 0.421 e. The first-order chi connectivity index (χ1) is 8.82. The quantitative estimate of drug-likeness (QED) is 0.624. The second-order valence-corrected chi connectivity index (χ2v) is 3.68. The van der Waals surface area contributed by atoms with Gasteiger partial charge in [-0.05, 0) is 23.8 Å². The zero-order valence-corrected chi connectivity index (χ0v) is 9.29. The molecule has 0 fully saturated rings. The molecule has 0 spiro atoms. The van der Waals surface area contributed by atoms with Gasteiger partial charge in [-0.25, -0.2) is 0 Å². The summed E-state index contributed by atoms with van der Waals surface area (Å²) in [7, 11) is 0. The lowest BCUT2D eigenvalue weighted by molar-refractivity contribution is -0.170. The third-order valence-corrected chi connectivity index (χ3v) is 2.14. The van der Waals surface area contributed by atoms with E-state index in [0.29, 0.717) is 12.1 Å². The Hall–Kier alpha value is -1.67. The highest BCUT2D eigenvalue weighted by molar-refractivity contribution is 5.56. The van der Waals surface area contributed by atoms with Crippen molar-refractivity contribution in [2.45, 2.75) is 18.5 Å². The summed E-state index contributed by atoms with van der Waals surface area (Å²) >= 11 is 0. The summed E-state index contributed by atoms with van der Waals surface area (Å²) in [5.74, 6) is 0. The van der Waals surface area contributed by atoms with Crippen molar-refractivity contribution in [1.29, 1.82) is 0 Å². The van der Waals surface area contributed by atoms with Crippen molar-refractivity contribution < 1.29 is 39.5 Å². The van der Waals surface area contributed by atoms with E-state index < -0.39 is 35.2 Å². The standard InChI is InChI=1S/C11H5F9/c12-9(13,14)7-3-1-2-6(4-7)5-8(10(15,16)17)11(18,19)20/h1-5H. The summed E-state index contributed by atoms with van der Waals surface area (Å²) < 4.78 is 110. The van der Waals surface area contributed by atoms with Crippen molar-refractivity contribution in [3.8, 4) is 0 Å². The van der Waals surface area contributed by atoms with Crippen molar-refractivity contribution in [2.24, 2.45) is 0 Å². The molecule has 0 radical (unpaired) electrons. The zero-order valence-electron chi connectivity index (χ0n) is 9.29. The lowest BCUT2D eigenvalue weighted by Crippen LogP contribution is -2.25. The maximum absolute atomic E-state index is 12.3. The Morgan fingerprint density at radius 3 is 1.70 bits per heavy atom. The van der Waals surface area contributed by atoms with Crippen LogP contribution in [-0.4, -0.2) is 12.4 Å². The number of benzene rings is 1. The van der Waals surface area contributed by atoms with Gasteiger partial charge in [0.15, 0.2) is 0 Å². The van der Waals surface area contributed by atoms with Crippen LogP contribution in [0.15, 0.2) is 29.8 Å². The van der Waals surface area contributed by atoms with Crippen LogP contribution in [0.25, 0.3) is 6.08 Å². The Labute approximate surface area is 106 Å². The highest BCUT2D eigenvalue weighted by Gasteiger charge is 2.50. The number of allylic oxidation sites excluding steroid dienone is 1. The molecule has 0 atom stereocenters. The highest BCUT2D eigenvalue weighted by atomic mass is 19.4. The number of hydrogen-bond donors (Lipinski definition) is 0. The normalized spacial score (nSPS) is 13.2. The number of alkyl halides is 9. The van der Waals surface area contributed by atoms with Gasteiger partial charge in [-0.3, -0.25) is 0 Å². The second-order valence-electron chi connectivity index (χ2n) is 3.68. The third kappa shape index (κ3) is 4.17. The summed E-state index contributed by atoms with van der Waals surface area (Å²) in [4.78, 5) is 0. The van der Waals surface area contributed by atoms with Gasteiger partial charge < -0.3 is 0 Å². The molecule has 20 heavy (non-hydrogen) atoms. The van der Waals surface area contributed by atoms with E-state index >= 15 is 0 Å². The average molecular weight is 308 g/mol. The molecule has 0 bridgehead atoms. The first-order valence-corrected chi connectivity index (χ1v) is 4.85. The van der Waals surface area contributed by atoms with Gasteiger partial charge in [-0.2, -0.15) is 39.5 Å². The lowest BCUT2D eigenvalue weighted by Gasteiger charge is -2.15. The van der Waals surface area contributed by atoms with Crippen molar-refractivity contribution in [3.05, 3.63) is 41.0 Å². The van der Waals surface area contributed by atoms with Gasteiger partial charge in [0.25, 0.3) is 0 Å². The van der Waals surface area contributed by atoms with Gasteiger partial charge in [0.2, 0.25) is 0 Å². The molecule has 0 unspecified atom stereocenters. The summed E-state index contributed by atoms with van der Waals surface area (Å²) in [5, 5.41) is 0. The van der Waals surface area contributed by atoms with Crippen molar-refractivity contribution in [3.63, 3.8) is 0 Å². The Kier molecular flexibility index (Phi) is 4.12. The second kappa shape index (κ2) is 5.02. The van der Waals surface area contributed by atoms with E-state index in [1.54, 1.807) is 0 Å². The van der Waals surface area contributed by atoms with Gasteiger partial charge >= 0.3 is 18.5 Å². The van der Waals surface area contributed by atoms with E-state index in [1.165, 1.54) is 0 Å². The molecule has 112 valence electrons. The smallest absolute Gasteiger partial charge is 0.166 e. The van der Waals surface area contributed by atoms with Crippen molar-refractivity contribution >= 4 is 6.08 Å². The Morgan fingerprint density at radius 1 is 0.800 bits per heavy atom. The van der Waals surface area contributed by atoms with Crippen LogP contribution >= 0.6 is 0 Å². The van der Waals surface area contributed by atoms with E-state index in [-0.39, 0.29) is 12.1 Å². The highest BCUT2D eigenvalue weighted by Crippen LogP contribution is 2.40. The first kappa shape index (κ1) is 16.4. The molecule has 0 amide bonds. The molecule has 1 aromatic carbocycles. The minimum absolute atomic E-state index is 0.206. The Bertz CT molecular complexity index is 486. The molecule has 1 rings (SSSR count). The molecule has 0 nitrogen and oxygen atoms in total. The maximum atomic E-state index is 12.3. The first-order valence-electron chi connectivity index (χ1n) is 4.85. The number of hydrogen-bond acceptors (Lipinski definition) is 0. The van der Waals surface area contributed by atoms with Crippen LogP contribution in [0.1, 0.15) is 11.1 Å². The number of rotatable bonds is 1. The summed E-state index contributed by atoms with van der Waals surface area (Å²) in [6.07, 6.45) is -16.7. The molecule has 0 saturated heterocycles. The summed E-state index contributed by atoms with van der Waals surface area (Å²) in [6.45, 7) is 0. The molecule has 0 aliphatic rings. The fourth-order valence-corrected chi connectivity index (χ4v) is 1.30. The third-order valence-electron chi connectivity index (χ3n) is 2.14. The molecular formula is C11H5F9. The van der Waals surface area contributed by atoms with E-state index in [1.807, 2.05) is 0 Å². The van der Waals surface area contributed by atoms with E-state index in [2.05, 4.69) is 0 Å².